The molecule has 2 aromatic rings. The molecule has 0 bridgehead atoms. The van der Waals surface area contributed by atoms with E-state index in [1.54, 1.807) is 0 Å². The topological polar surface area (TPSA) is 15.3 Å². The number of hydrogen-bond donors (Lipinski definition) is 1. The van der Waals surface area contributed by atoms with Crippen LogP contribution < -0.4 is 5.32 Å². The summed E-state index contributed by atoms with van der Waals surface area (Å²) in [5, 5.41) is 3.65. The molecule has 1 fully saturated rings. The minimum atomic E-state index is 0.452. The van der Waals surface area contributed by atoms with Gasteiger partial charge in [0.2, 0.25) is 0 Å². The lowest BCUT2D eigenvalue weighted by Crippen LogP contribution is -2.45. The first-order valence-electron chi connectivity index (χ1n) is 7.38. The summed E-state index contributed by atoms with van der Waals surface area (Å²) in [5.74, 6) is 0. The highest BCUT2D eigenvalue weighted by molar-refractivity contribution is 5.29. The van der Waals surface area contributed by atoms with Gasteiger partial charge in [-0.2, -0.15) is 0 Å². The summed E-state index contributed by atoms with van der Waals surface area (Å²) >= 11 is 0. The molecule has 0 radical (unpaired) electrons. The lowest BCUT2D eigenvalue weighted by molar-refractivity contribution is 0.193. The molecule has 0 spiro atoms. The second-order valence-electron chi connectivity index (χ2n) is 5.58. The molecule has 1 atom stereocenters. The second kappa shape index (κ2) is 6.21. The highest BCUT2D eigenvalue weighted by atomic mass is 15.2. The summed E-state index contributed by atoms with van der Waals surface area (Å²) in [5.41, 5.74) is 4.22. The Morgan fingerprint density at radius 2 is 1.80 bits per heavy atom. The fourth-order valence-electron chi connectivity index (χ4n) is 2.98. The molecule has 1 unspecified atom stereocenters. The number of benzene rings is 2. The van der Waals surface area contributed by atoms with E-state index in [9.17, 15) is 0 Å². The average molecular weight is 266 g/mol. The van der Waals surface area contributed by atoms with Crippen molar-refractivity contribution in [3.05, 3.63) is 71.3 Å². The zero-order valence-electron chi connectivity index (χ0n) is 12.0. The lowest BCUT2D eigenvalue weighted by Gasteiger charge is -2.34. The predicted molar refractivity (Wildman–Crippen MR) is 83.6 cm³/mol. The summed E-state index contributed by atoms with van der Waals surface area (Å²) in [7, 11) is 0. The Kier molecular flexibility index (Phi) is 4.14. The quantitative estimate of drug-likeness (QED) is 0.918. The largest absolute Gasteiger partial charge is 0.308 e. The molecule has 1 N–H and O–H groups in total. The van der Waals surface area contributed by atoms with Crippen molar-refractivity contribution in [1.29, 1.82) is 0 Å². The normalized spacial score (nSPS) is 19.9. The molecular formula is C18H22N2. The fourth-order valence-corrected chi connectivity index (χ4v) is 2.98. The van der Waals surface area contributed by atoms with Crippen LogP contribution in [-0.2, 0) is 6.54 Å². The molecule has 2 heteroatoms. The van der Waals surface area contributed by atoms with Crippen molar-refractivity contribution in [3.63, 3.8) is 0 Å². The molecule has 0 saturated carbocycles. The molecule has 1 aliphatic rings. The van der Waals surface area contributed by atoms with Crippen LogP contribution in [0.1, 0.15) is 22.7 Å². The maximum atomic E-state index is 3.65. The number of rotatable bonds is 3. The van der Waals surface area contributed by atoms with Crippen LogP contribution in [0.4, 0.5) is 0 Å². The van der Waals surface area contributed by atoms with E-state index in [2.05, 4.69) is 71.7 Å². The first-order chi connectivity index (χ1) is 9.83. The zero-order chi connectivity index (χ0) is 13.8. The van der Waals surface area contributed by atoms with Gasteiger partial charge < -0.3 is 5.32 Å². The van der Waals surface area contributed by atoms with Crippen molar-refractivity contribution < 1.29 is 0 Å². The fraction of sp³-hybridized carbons (Fsp3) is 0.333. The van der Waals surface area contributed by atoms with E-state index in [0.29, 0.717) is 6.04 Å². The van der Waals surface area contributed by atoms with Crippen LogP contribution in [0.15, 0.2) is 54.6 Å². The Balaban J connectivity index is 1.69. The molecule has 1 aliphatic heterocycles. The second-order valence-corrected chi connectivity index (χ2v) is 5.58. The Morgan fingerprint density at radius 1 is 1.05 bits per heavy atom. The minimum Gasteiger partial charge on any atom is -0.308 e. The van der Waals surface area contributed by atoms with Gasteiger partial charge in [-0.15, -0.1) is 0 Å². The van der Waals surface area contributed by atoms with Crippen molar-refractivity contribution in [1.82, 2.24) is 10.2 Å². The van der Waals surface area contributed by atoms with Crippen molar-refractivity contribution in [2.24, 2.45) is 0 Å². The Bertz CT molecular complexity index is 550. The Hall–Kier alpha value is -1.64. The zero-order valence-corrected chi connectivity index (χ0v) is 12.0. The van der Waals surface area contributed by atoms with Crippen LogP contribution in [0.2, 0.25) is 0 Å². The van der Waals surface area contributed by atoms with E-state index in [0.717, 1.165) is 26.2 Å². The molecule has 2 aromatic carbocycles. The van der Waals surface area contributed by atoms with Gasteiger partial charge in [0.05, 0.1) is 0 Å². The standard InChI is InChI=1S/C18H22N2/c1-15-7-5-6-10-17(15)18-14-20(12-11-19-18)13-16-8-3-2-4-9-16/h2-10,18-19H,11-14H2,1H3. The molecule has 104 valence electrons. The molecule has 2 nitrogen and oxygen atoms in total. The molecule has 1 heterocycles. The summed E-state index contributed by atoms with van der Waals surface area (Å²) < 4.78 is 0. The van der Waals surface area contributed by atoms with Crippen LogP contribution in [0.5, 0.6) is 0 Å². The van der Waals surface area contributed by atoms with Gasteiger partial charge in [0, 0.05) is 32.2 Å². The number of hydrogen-bond acceptors (Lipinski definition) is 2. The van der Waals surface area contributed by atoms with Gasteiger partial charge in [0.1, 0.15) is 0 Å². The van der Waals surface area contributed by atoms with E-state index in [4.69, 9.17) is 0 Å². The van der Waals surface area contributed by atoms with E-state index >= 15 is 0 Å². The molecule has 1 saturated heterocycles. The van der Waals surface area contributed by atoms with E-state index in [1.807, 2.05) is 0 Å². The molecule has 0 amide bonds. The van der Waals surface area contributed by atoms with Crippen LogP contribution in [-0.4, -0.2) is 24.5 Å². The first-order valence-corrected chi connectivity index (χ1v) is 7.38. The van der Waals surface area contributed by atoms with Crippen molar-refractivity contribution in [2.45, 2.75) is 19.5 Å². The third kappa shape index (κ3) is 3.09. The van der Waals surface area contributed by atoms with Crippen LogP contribution in [0, 0.1) is 6.92 Å². The summed E-state index contributed by atoms with van der Waals surface area (Å²) in [6.07, 6.45) is 0. The maximum Gasteiger partial charge on any atom is 0.0452 e. The van der Waals surface area contributed by atoms with Crippen LogP contribution in [0.25, 0.3) is 0 Å². The predicted octanol–water partition coefficient (Wildman–Crippen LogP) is 3.14. The molecule has 3 rings (SSSR count). The van der Waals surface area contributed by atoms with Gasteiger partial charge in [0.15, 0.2) is 0 Å². The van der Waals surface area contributed by atoms with E-state index in [-0.39, 0.29) is 0 Å². The SMILES string of the molecule is Cc1ccccc1C1CN(Cc2ccccc2)CCN1. The van der Waals surface area contributed by atoms with Crippen molar-refractivity contribution >= 4 is 0 Å². The molecule has 0 aliphatic carbocycles. The maximum absolute atomic E-state index is 3.65. The number of piperazine rings is 1. The summed E-state index contributed by atoms with van der Waals surface area (Å²) in [6.45, 7) is 6.51. The Morgan fingerprint density at radius 3 is 2.60 bits per heavy atom. The molecular weight excluding hydrogens is 244 g/mol. The lowest BCUT2D eigenvalue weighted by atomic mass is 9.99. The number of aryl methyl sites for hydroxylation is 1. The third-order valence-electron chi connectivity index (χ3n) is 4.07. The van der Waals surface area contributed by atoms with Crippen molar-refractivity contribution in [3.8, 4) is 0 Å². The van der Waals surface area contributed by atoms with Gasteiger partial charge >= 0.3 is 0 Å². The van der Waals surface area contributed by atoms with E-state index in [1.165, 1.54) is 16.7 Å². The molecule has 20 heavy (non-hydrogen) atoms. The summed E-state index contributed by atoms with van der Waals surface area (Å²) in [6, 6.07) is 19.9. The highest BCUT2D eigenvalue weighted by Gasteiger charge is 2.21. The highest BCUT2D eigenvalue weighted by Crippen LogP contribution is 2.21. The molecule has 0 aromatic heterocycles. The van der Waals surface area contributed by atoms with Gasteiger partial charge in [-0.3, -0.25) is 4.90 Å². The Labute approximate surface area is 121 Å². The van der Waals surface area contributed by atoms with Gasteiger partial charge in [-0.1, -0.05) is 54.6 Å². The van der Waals surface area contributed by atoms with Crippen molar-refractivity contribution in [2.75, 3.05) is 19.6 Å². The number of nitrogens with one attached hydrogen (secondary N) is 1. The van der Waals surface area contributed by atoms with Crippen LogP contribution >= 0.6 is 0 Å². The monoisotopic (exact) mass is 266 g/mol. The third-order valence-corrected chi connectivity index (χ3v) is 4.07. The van der Waals surface area contributed by atoms with Gasteiger partial charge in [-0.05, 0) is 23.6 Å². The average Bonchev–Trinajstić information content (AvgIpc) is 2.49. The number of nitrogens with zero attached hydrogens (tertiary/aromatic N) is 1. The van der Waals surface area contributed by atoms with E-state index < -0.39 is 0 Å². The first kappa shape index (κ1) is 13.3. The van der Waals surface area contributed by atoms with Gasteiger partial charge in [0.25, 0.3) is 0 Å². The van der Waals surface area contributed by atoms with Gasteiger partial charge in [-0.25, -0.2) is 0 Å². The smallest absolute Gasteiger partial charge is 0.0452 e. The minimum absolute atomic E-state index is 0.452. The summed E-state index contributed by atoms with van der Waals surface area (Å²) in [4.78, 5) is 2.54. The van der Waals surface area contributed by atoms with Crippen LogP contribution in [0.3, 0.4) is 0 Å².